The number of benzene rings is 3. The summed E-state index contributed by atoms with van der Waals surface area (Å²) >= 11 is 0. The molecule has 0 bridgehead atoms. The maximum absolute atomic E-state index is 13.8. The minimum atomic E-state index is -0.975. The molecule has 8 nitrogen and oxygen atoms in total. The molecule has 1 N–H and O–H groups in total. The van der Waals surface area contributed by atoms with E-state index in [1.165, 1.54) is 12.0 Å². The number of carbonyl (C=O) groups excluding carboxylic acids is 2. The zero-order valence-corrected chi connectivity index (χ0v) is 19.3. The highest BCUT2D eigenvalue weighted by Gasteiger charge is 2.46. The van der Waals surface area contributed by atoms with Crippen molar-refractivity contribution in [1.82, 2.24) is 0 Å². The van der Waals surface area contributed by atoms with Gasteiger partial charge in [0.2, 0.25) is 5.78 Å². The molecule has 1 aromatic heterocycles. The van der Waals surface area contributed by atoms with Gasteiger partial charge in [-0.15, -0.1) is 0 Å². The summed E-state index contributed by atoms with van der Waals surface area (Å²) in [5.74, 6) is -0.443. The van der Waals surface area contributed by atoms with Crippen molar-refractivity contribution < 1.29 is 33.3 Å². The Morgan fingerprint density at radius 2 is 1.72 bits per heavy atom. The van der Waals surface area contributed by atoms with Crippen LogP contribution in [0.3, 0.4) is 0 Å². The second kappa shape index (κ2) is 8.49. The summed E-state index contributed by atoms with van der Waals surface area (Å²) in [7, 11) is 1.51. The van der Waals surface area contributed by atoms with Gasteiger partial charge in [-0.1, -0.05) is 36.4 Å². The van der Waals surface area contributed by atoms with E-state index in [-0.39, 0.29) is 11.3 Å². The largest absolute Gasteiger partial charge is 0.503 e. The van der Waals surface area contributed by atoms with Crippen LogP contribution in [0.15, 0.2) is 88.5 Å². The molecule has 6 rings (SSSR count). The Morgan fingerprint density at radius 3 is 2.53 bits per heavy atom. The lowest BCUT2D eigenvalue weighted by atomic mass is 9.94. The number of Topliss-reactive ketones (excluding diaryl/α,β-unsaturated/α-hetero) is 1. The number of ether oxygens (including phenoxy) is 3. The summed E-state index contributed by atoms with van der Waals surface area (Å²) in [6.07, 6.45) is 0. The highest BCUT2D eigenvalue weighted by atomic mass is 16.6. The van der Waals surface area contributed by atoms with Gasteiger partial charge < -0.3 is 23.7 Å². The topological polar surface area (TPSA) is 98.4 Å². The third kappa shape index (κ3) is 3.38. The predicted molar refractivity (Wildman–Crippen MR) is 131 cm³/mol. The molecule has 1 unspecified atom stereocenters. The van der Waals surface area contributed by atoms with Gasteiger partial charge in [0.25, 0.3) is 5.91 Å². The molecule has 3 heterocycles. The van der Waals surface area contributed by atoms with Gasteiger partial charge in [0.15, 0.2) is 23.0 Å². The number of ketones is 1. The van der Waals surface area contributed by atoms with Gasteiger partial charge in [-0.3, -0.25) is 14.5 Å². The smallest absolute Gasteiger partial charge is 0.294 e. The van der Waals surface area contributed by atoms with Crippen LogP contribution in [0.4, 0.5) is 5.69 Å². The molecule has 0 saturated carbocycles. The third-order valence-corrected chi connectivity index (χ3v) is 6.34. The van der Waals surface area contributed by atoms with Crippen LogP contribution in [0.1, 0.15) is 22.2 Å². The maximum Gasteiger partial charge on any atom is 0.294 e. The summed E-state index contributed by atoms with van der Waals surface area (Å²) in [5, 5.41) is 11.8. The molecule has 4 aromatic rings. The molecule has 0 spiro atoms. The Labute approximate surface area is 205 Å². The van der Waals surface area contributed by atoms with Crippen molar-refractivity contribution in [2.75, 3.05) is 25.2 Å². The number of amides is 1. The molecule has 1 amide bonds. The first-order valence-corrected chi connectivity index (χ1v) is 11.4. The first kappa shape index (κ1) is 21.8. The summed E-state index contributed by atoms with van der Waals surface area (Å²) in [6, 6.07) is 20.0. The lowest BCUT2D eigenvalue weighted by Gasteiger charge is -2.29. The van der Waals surface area contributed by atoms with E-state index in [0.717, 1.165) is 5.39 Å². The van der Waals surface area contributed by atoms with Crippen molar-refractivity contribution in [3.63, 3.8) is 0 Å². The van der Waals surface area contributed by atoms with Crippen LogP contribution in [0.5, 0.6) is 17.2 Å². The standard InChI is InChI=1S/C28H21NO7/c1-33-20-9-5-3-7-18(20)25-24(26(30)23-14-16-6-2-4-8-19(16)36-23)27(31)28(32)29(25)17-10-11-21-22(15-17)35-13-12-34-21/h2-11,14-15,25,31H,12-13H2,1H3. The van der Waals surface area contributed by atoms with Crippen LogP contribution in [0, 0.1) is 0 Å². The van der Waals surface area contributed by atoms with Gasteiger partial charge in [-0.25, -0.2) is 0 Å². The lowest BCUT2D eigenvalue weighted by Crippen LogP contribution is -2.31. The fourth-order valence-electron chi connectivity index (χ4n) is 4.70. The van der Waals surface area contributed by atoms with Crippen molar-refractivity contribution in [3.05, 3.63) is 95.5 Å². The number of carbonyl (C=O) groups is 2. The lowest BCUT2D eigenvalue weighted by molar-refractivity contribution is -0.117. The fourth-order valence-corrected chi connectivity index (χ4v) is 4.70. The van der Waals surface area contributed by atoms with E-state index < -0.39 is 23.5 Å². The molecule has 8 heteroatoms. The molecule has 0 aliphatic carbocycles. The van der Waals surface area contributed by atoms with Gasteiger partial charge in [0, 0.05) is 22.7 Å². The number of fused-ring (bicyclic) bond motifs is 2. The summed E-state index contributed by atoms with van der Waals surface area (Å²) in [5.41, 5.74) is 1.40. The molecule has 0 saturated heterocycles. The van der Waals surface area contributed by atoms with Crippen LogP contribution in [-0.2, 0) is 4.79 Å². The number of hydrogen-bond donors (Lipinski definition) is 1. The Bertz CT molecular complexity index is 1520. The van der Waals surface area contributed by atoms with Gasteiger partial charge in [-0.05, 0) is 30.3 Å². The second-order valence-corrected chi connectivity index (χ2v) is 8.39. The number of hydrogen-bond acceptors (Lipinski definition) is 7. The number of methoxy groups -OCH3 is 1. The highest BCUT2D eigenvalue weighted by molar-refractivity contribution is 6.20. The van der Waals surface area contributed by atoms with Crippen LogP contribution >= 0.6 is 0 Å². The molecule has 180 valence electrons. The van der Waals surface area contributed by atoms with E-state index in [9.17, 15) is 14.7 Å². The van der Waals surface area contributed by atoms with Crippen LogP contribution in [0.25, 0.3) is 11.0 Å². The number of aliphatic hydroxyl groups excluding tert-OH is 1. The first-order valence-electron chi connectivity index (χ1n) is 11.4. The normalized spacial score (nSPS) is 17.1. The van der Waals surface area contributed by atoms with Crippen molar-refractivity contribution in [2.24, 2.45) is 0 Å². The van der Waals surface area contributed by atoms with Crippen LogP contribution in [0.2, 0.25) is 0 Å². The first-order chi connectivity index (χ1) is 17.6. The predicted octanol–water partition coefficient (Wildman–Crippen LogP) is 5.00. The van der Waals surface area contributed by atoms with Gasteiger partial charge >= 0.3 is 0 Å². The molecule has 0 fully saturated rings. The van der Waals surface area contributed by atoms with Crippen LogP contribution in [-0.4, -0.2) is 37.1 Å². The Morgan fingerprint density at radius 1 is 0.972 bits per heavy atom. The molecule has 36 heavy (non-hydrogen) atoms. The molecular formula is C28H21NO7. The van der Waals surface area contributed by atoms with Gasteiger partial charge in [-0.2, -0.15) is 0 Å². The highest BCUT2D eigenvalue weighted by Crippen LogP contribution is 2.46. The molecule has 2 aliphatic rings. The van der Waals surface area contributed by atoms with E-state index in [1.807, 2.05) is 12.1 Å². The summed E-state index contributed by atoms with van der Waals surface area (Å²) in [6.45, 7) is 0.803. The fraction of sp³-hybridized carbons (Fsp3) is 0.143. The quantitative estimate of drug-likeness (QED) is 0.399. The third-order valence-electron chi connectivity index (χ3n) is 6.34. The number of nitrogens with zero attached hydrogens (tertiary/aromatic N) is 1. The van der Waals surface area contributed by atoms with Gasteiger partial charge in [0.05, 0.1) is 18.7 Å². The zero-order chi connectivity index (χ0) is 24.8. The molecular weight excluding hydrogens is 462 g/mol. The minimum absolute atomic E-state index is 0.0227. The van der Waals surface area contributed by atoms with Crippen molar-refractivity contribution >= 4 is 28.3 Å². The zero-order valence-electron chi connectivity index (χ0n) is 19.3. The molecule has 2 aliphatic heterocycles. The Hall–Kier alpha value is -4.72. The summed E-state index contributed by atoms with van der Waals surface area (Å²) in [4.78, 5) is 28.6. The van der Waals surface area contributed by atoms with E-state index in [0.29, 0.717) is 47.3 Å². The van der Waals surface area contributed by atoms with E-state index >= 15 is 0 Å². The average molecular weight is 483 g/mol. The number of rotatable bonds is 5. The Balaban J connectivity index is 1.51. The van der Waals surface area contributed by atoms with Gasteiger partial charge in [0.1, 0.15) is 24.5 Å². The molecule has 0 radical (unpaired) electrons. The SMILES string of the molecule is COc1ccccc1C1C(C(=O)c2cc3ccccc3o2)=C(O)C(=O)N1c1ccc2c(c1)OCCO2. The maximum atomic E-state index is 13.8. The monoisotopic (exact) mass is 483 g/mol. The molecule has 3 aromatic carbocycles. The van der Waals surface area contributed by atoms with E-state index in [2.05, 4.69) is 0 Å². The average Bonchev–Trinajstić information content (AvgIpc) is 3.47. The van der Waals surface area contributed by atoms with Crippen molar-refractivity contribution in [1.29, 1.82) is 0 Å². The van der Waals surface area contributed by atoms with Crippen molar-refractivity contribution in [2.45, 2.75) is 6.04 Å². The number of para-hydroxylation sites is 2. The number of aliphatic hydroxyl groups is 1. The van der Waals surface area contributed by atoms with E-state index in [4.69, 9.17) is 18.6 Å². The van der Waals surface area contributed by atoms with Crippen molar-refractivity contribution in [3.8, 4) is 17.2 Å². The second-order valence-electron chi connectivity index (χ2n) is 8.39. The van der Waals surface area contributed by atoms with Crippen LogP contribution < -0.4 is 19.1 Å². The number of furan rings is 1. The number of anilines is 1. The molecule has 1 atom stereocenters. The Kier molecular flexibility index (Phi) is 5.14. The summed E-state index contributed by atoms with van der Waals surface area (Å²) < 4.78 is 22.7. The minimum Gasteiger partial charge on any atom is -0.503 e. The van der Waals surface area contributed by atoms with E-state index in [1.54, 1.807) is 60.7 Å².